The molecule has 0 bridgehead atoms. The molecule has 6 nitrogen and oxygen atoms in total. The Morgan fingerprint density at radius 2 is 2.20 bits per heavy atom. The van der Waals surface area contributed by atoms with Gasteiger partial charge in [0.1, 0.15) is 11.3 Å². The quantitative estimate of drug-likeness (QED) is 0.696. The van der Waals surface area contributed by atoms with Gasteiger partial charge in [0.2, 0.25) is 0 Å². The predicted molar refractivity (Wildman–Crippen MR) is 75.3 cm³/mol. The normalized spacial score (nSPS) is 10.7. The van der Waals surface area contributed by atoms with Gasteiger partial charge in [-0.2, -0.15) is 0 Å². The fourth-order valence-corrected chi connectivity index (χ4v) is 2.01. The second-order valence-electron chi connectivity index (χ2n) is 4.35. The Bertz CT molecular complexity index is 795. The summed E-state index contributed by atoms with van der Waals surface area (Å²) in [5.74, 6) is 0.194. The summed E-state index contributed by atoms with van der Waals surface area (Å²) >= 11 is 0. The first-order valence-electron chi connectivity index (χ1n) is 6.02. The van der Waals surface area contributed by atoms with Gasteiger partial charge in [-0.1, -0.05) is 5.16 Å². The van der Waals surface area contributed by atoms with Crippen molar-refractivity contribution in [3.63, 3.8) is 0 Å². The molecule has 6 heteroatoms. The van der Waals surface area contributed by atoms with E-state index in [0.717, 1.165) is 5.39 Å². The molecule has 3 aromatic rings. The smallest absolute Gasteiger partial charge is 0.260 e. The van der Waals surface area contributed by atoms with Crippen LogP contribution < -0.4 is 11.1 Å². The molecule has 0 atom stereocenters. The summed E-state index contributed by atoms with van der Waals surface area (Å²) in [6, 6.07) is 7.11. The monoisotopic (exact) mass is 268 g/mol. The van der Waals surface area contributed by atoms with Crippen LogP contribution in [0.5, 0.6) is 0 Å². The number of nitrogen functional groups attached to an aromatic ring is 1. The van der Waals surface area contributed by atoms with Crippen LogP contribution in [0, 0.1) is 6.92 Å². The number of nitrogens with zero attached hydrogens (tertiary/aromatic N) is 2. The minimum Gasteiger partial charge on any atom is -0.397 e. The van der Waals surface area contributed by atoms with Crippen molar-refractivity contribution >= 4 is 28.2 Å². The van der Waals surface area contributed by atoms with Crippen molar-refractivity contribution in [2.24, 2.45) is 0 Å². The highest BCUT2D eigenvalue weighted by atomic mass is 16.5. The number of hydrogen-bond acceptors (Lipinski definition) is 5. The molecule has 0 aliphatic heterocycles. The van der Waals surface area contributed by atoms with E-state index in [-0.39, 0.29) is 5.91 Å². The van der Waals surface area contributed by atoms with E-state index < -0.39 is 0 Å². The maximum Gasteiger partial charge on any atom is 0.260 e. The summed E-state index contributed by atoms with van der Waals surface area (Å²) in [5, 5.41) is 7.20. The van der Waals surface area contributed by atoms with E-state index in [1.807, 2.05) is 6.07 Å². The minimum atomic E-state index is -0.279. The van der Waals surface area contributed by atoms with Crippen LogP contribution in [0.2, 0.25) is 0 Å². The third-order valence-electron chi connectivity index (χ3n) is 3.04. The molecule has 0 radical (unpaired) electrons. The fraction of sp³-hybridized carbons (Fsp3) is 0.0714. The number of nitrogens with two attached hydrogens (primary N) is 1. The SMILES string of the molecule is Cc1oncc1C(=O)Nc1ccc(N)c2ncccc12. The standard InChI is InChI=1S/C14H12N4O2/c1-8-10(7-17-20-8)14(19)18-12-5-4-11(15)13-9(12)3-2-6-16-13/h2-7H,15H2,1H3,(H,18,19). The van der Waals surface area contributed by atoms with Gasteiger partial charge in [-0.15, -0.1) is 0 Å². The molecule has 1 amide bonds. The van der Waals surface area contributed by atoms with Crippen LogP contribution >= 0.6 is 0 Å². The third kappa shape index (κ3) is 1.97. The summed E-state index contributed by atoms with van der Waals surface area (Å²) < 4.78 is 4.89. The van der Waals surface area contributed by atoms with E-state index in [0.29, 0.717) is 28.2 Å². The zero-order valence-corrected chi connectivity index (χ0v) is 10.8. The van der Waals surface area contributed by atoms with Crippen LogP contribution in [0.1, 0.15) is 16.1 Å². The fourth-order valence-electron chi connectivity index (χ4n) is 2.01. The summed E-state index contributed by atoms with van der Waals surface area (Å²) in [6.45, 7) is 1.69. The molecule has 2 aromatic heterocycles. The van der Waals surface area contributed by atoms with Gasteiger partial charge in [0, 0.05) is 11.6 Å². The number of fused-ring (bicyclic) bond motifs is 1. The van der Waals surface area contributed by atoms with E-state index in [9.17, 15) is 4.79 Å². The number of carbonyl (C=O) groups excluding carboxylic acids is 1. The van der Waals surface area contributed by atoms with Crippen molar-refractivity contribution < 1.29 is 9.32 Å². The van der Waals surface area contributed by atoms with Gasteiger partial charge in [-0.3, -0.25) is 9.78 Å². The van der Waals surface area contributed by atoms with Gasteiger partial charge in [0.05, 0.1) is 23.1 Å². The maximum absolute atomic E-state index is 12.2. The van der Waals surface area contributed by atoms with E-state index in [4.69, 9.17) is 10.3 Å². The number of hydrogen-bond donors (Lipinski definition) is 2. The van der Waals surface area contributed by atoms with Crippen LogP contribution in [-0.2, 0) is 0 Å². The topological polar surface area (TPSA) is 94.0 Å². The summed E-state index contributed by atoms with van der Waals surface area (Å²) in [6.07, 6.45) is 3.05. The lowest BCUT2D eigenvalue weighted by Gasteiger charge is -2.09. The molecule has 0 aliphatic rings. The summed E-state index contributed by atoms with van der Waals surface area (Å²) in [5.41, 5.74) is 8.15. The van der Waals surface area contributed by atoms with Crippen LogP contribution in [0.3, 0.4) is 0 Å². The highest BCUT2D eigenvalue weighted by Gasteiger charge is 2.14. The predicted octanol–water partition coefficient (Wildman–Crippen LogP) is 2.37. The molecule has 0 spiro atoms. The average Bonchev–Trinajstić information content (AvgIpc) is 2.88. The molecular weight excluding hydrogens is 256 g/mol. The highest BCUT2D eigenvalue weighted by Crippen LogP contribution is 2.26. The molecule has 3 N–H and O–H groups in total. The highest BCUT2D eigenvalue weighted by molar-refractivity contribution is 6.10. The minimum absolute atomic E-state index is 0.279. The number of pyridine rings is 1. The molecule has 2 heterocycles. The average molecular weight is 268 g/mol. The first-order chi connectivity index (χ1) is 9.66. The van der Waals surface area contributed by atoms with Crippen molar-refractivity contribution in [3.8, 4) is 0 Å². The van der Waals surface area contributed by atoms with Gasteiger partial charge in [0.25, 0.3) is 5.91 Å². The Kier molecular flexibility index (Phi) is 2.83. The van der Waals surface area contributed by atoms with Crippen molar-refractivity contribution in [3.05, 3.63) is 48.0 Å². The zero-order chi connectivity index (χ0) is 14.1. The lowest BCUT2D eigenvalue weighted by molar-refractivity contribution is 0.102. The Balaban J connectivity index is 2.02. The first kappa shape index (κ1) is 12.2. The number of rotatable bonds is 2. The van der Waals surface area contributed by atoms with E-state index >= 15 is 0 Å². The van der Waals surface area contributed by atoms with Crippen LogP contribution in [0.4, 0.5) is 11.4 Å². The number of aryl methyl sites for hydroxylation is 1. The second kappa shape index (κ2) is 4.65. The molecule has 100 valence electrons. The van der Waals surface area contributed by atoms with E-state index in [1.165, 1.54) is 6.20 Å². The Morgan fingerprint density at radius 3 is 2.95 bits per heavy atom. The largest absolute Gasteiger partial charge is 0.397 e. The Hall–Kier alpha value is -2.89. The molecule has 1 aromatic carbocycles. The van der Waals surface area contributed by atoms with Crippen LogP contribution in [-0.4, -0.2) is 16.0 Å². The van der Waals surface area contributed by atoms with Crippen molar-refractivity contribution in [2.45, 2.75) is 6.92 Å². The number of aromatic nitrogens is 2. The number of nitrogens with one attached hydrogen (secondary N) is 1. The molecule has 0 fully saturated rings. The molecule has 20 heavy (non-hydrogen) atoms. The molecular formula is C14H12N4O2. The summed E-state index contributed by atoms with van der Waals surface area (Å²) in [4.78, 5) is 16.4. The number of anilines is 2. The second-order valence-corrected chi connectivity index (χ2v) is 4.35. The Morgan fingerprint density at radius 1 is 1.35 bits per heavy atom. The molecule has 3 rings (SSSR count). The van der Waals surface area contributed by atoms with E-state index in [1.54, 1.807) is 31.3 Å². The Labute approximate surface area is 114 Å². The van der Waals surface area contributed by atoms with Gasteiger partial charge in [0.15, 0.2) is 0 Å². The van der Waals surface area contributed by atoms with Crippen LogP contribution in [0.25, 0.3) is 10.9 Å². The zero-order valence-electron chi connectivity index (χ0n) is 10.8. The molecule has 0 saturated carbocycles. The molecule has 0 saturated heterocycles. The summed E-state index contributed by atoms with van der Waals surface area (Å²) in [7, 11) is 0. The lowest BCUT2D eigenvalue weighted by Crippen LogP contribution is -2.12. The van der Waals surface area contributed by atoms with Gasteiger partial charge in [-0.05, 0) is 31.2 Å². The molecule has 0 unspecified atom stereocenters. The van der Waals surface area contributed by atoms with Gasteiger partial charge in [-0.25, -0.2) is 0 Å². The van der Waals surface area contributed by atoms with Crippen molar-refractivity contribution in [2.75, 3.05) is 11.1 Å². The third-order valence-corrected chi connectivity index (χ3v) is 3.04. The first-order valence-corrected chi connectivity index (χ1v) is 6.02. The number of amides is 1. The maximum atomic E-state index is 12.2. The van der Waals surface area contributed by atoms with Crippen molar-refractivity contribution in [1.29, 1.82) is 0 Å². The molecule has 0 aliphatic carbocycles. The van der Waals surface area contributed by atoms with Gasteiger partial charge < -0.3 is 15.6 Å². The number of benzene rings is 1. The van der Waals surface area contributed by atoms with Crippen molar-refractivity contribution in [1.82, 2.24) is 10.1 Å². The number of carbonyl (C=O) groups is 1. The lowest BCUT2D eigenvalue weighted by atomic mass is 10.1. The van der Waals surface area contributed by atoms with Crippen LogP contribution in [0.15, 0.2) is 41.2 Å². The van der Waals surface area contributed by atoms with E-state index in [2.05, 4.69) is 15.5 Å². The van der Waals surface area contributed by atoms with Gasteiger partial charge >= 0.3 is 0 Å².